The maximum Gasteiger partial charge on any atom is 0.113 e. The fraction of sp³-hybridized carbons (Fsp3) is 0.0435. The molecule has 0 aliphatic carbocycles. The molecule has 0 saturated heterocycles. The van der Waals surface area contributed by atoms with E-state index in [1.165, 1.54) is 43.8 Å². The van der Waals surface area contributed by atoms with Crippen molar-refractivity contribution in [1.82, 2.24) is 4.57 Å². The highest BCUT2D eigenvalue weighted by Gasteiger charge is 2.14. The molecule has 0 fully saturated rings. The molecule has 0 spiro atoms. The number of aryl methyl sites for hydroxylation is 1. The van der Waals surface area contributed by atoms with Crippen molar-refractivity contribution in [3.05, 3.63) is 84.4 Å². The molecule has 4 aromatic carbocycles. The zero-order valence-corrected chi connectivity index (χ0v) is 14.0. The number of hydrogen-bond acceptors (Lipinski definition) is 0. The SMILES string of the molecule is [B]c1ccc2c(c1)c1cc(C)ccc1n2-c1cccc2ccccc12. The third-order valence-corrected chi connectivity index (χ3v) is 4.95. The van der Waals surface area contributed by atoms with Crippen LogP contribution in [0.4, 0.5) is 0 Å². The molecule has 0 saturated carbocycles. The summed E-state index contributed by atoms with van der Waals surface area (Å²) in [5.41, 5.74) is 5.65. The standard InChI is InChI=1S/C23H16BN/c1-15-9-11-22-19(13-15)20-14-17(24)10-12-23(20)25(22)21-8-4-6-16-5-2-3-7-18(16)21/h2-14H,1H3. The van der Waals surface area contributed by atoms with Crippen LogP contribution in [0.5, 0.6) is 0 Å². The van der Waals surface area contributed by atoms with Crippen LogP contribution in [0, 0.1) is 6.92 Å². The van der Waals surface area contributed by atoms with Gasteiger partial charge in [0.15, 0.2) is 0 Å². The quantitative estimate of drug-likeness (QED) is 0.382. The monoisotopic (exact) mass is 317 g/mol. The lowest BCUT2D eigenvalue weighted by molar-refractivity contribution is 1.20. The second-order valence-electron chi connectivity index (χ2n) is 6.63. The molecular formula is C23H16BN. The van der Waals surface area contributed by atoms with E-state index in [9.17, 15) is 0 Å². The molecule has 5 rings (SSSR count). The van der Waals surface area contributed by atoms with Crippen molar-refractivity contribution >= 4 is 45.9 Å². The van der Waals surface area contributed by atoms with Crippen molar-refractivity contribution in [1.29, 1.82) is 0 Å². The highest BCUT2D eigenvalue weighted by molar-refractivity contribution is 6.34. The minimum absolute atomic E-state index is 0.797. The lowest BCUT2D eigenvalue weighted by atomic mass is 9.94. The van der Waals surface area contributed by atoms with Crippen molar-refractivity contribution in [2.75, 3.05) is 0 Å². The number of aromatic nitrogens is 1. The van der Waals surface area contributed by atoms with Gasteiger partial charge in [0.1, 0.15) is 7.85 Å². The Balaban J connectivity index is 2.01. The minimum Gasteiger partial charge on any atom is -0.309 e. The summed E-state index contributed by atoms with van der Waals surface area (Å²) in [6.45, 7) is 2.13. The summed E-state index contributed by atoms with van der Waals surface area (Å²) >= 11 is 0. The molecule has 0 aliphatic rings. The average molecular weight is 317 g/mol. The first kappa shape index (κ1) is 14.4. The van der Waals surface area contributed by atoms with Gasteiger partial charge in [-0.2, -0.15) is 0 Å². The van der Waals surface area contributed by atoms with E-state index in [1.807, 2.05) is 6.07 Å². The predicted molar refractivity (Wildman–Crippen MR) is 108 cm³/mol. The van der Waals surface area contributed by atoms with E-state index in [2.05, 4.69) is 84.3 Å². The van der Waals surface area contributed by atoms with E-state index in [-0.39, 0.29) is 0 Å². The Kier molecular flexibility index (Phi) is 3.02. The normalized spacial score (nSPS) is 11.6. The smallest absolute Gasteiger partial charge is 0.113 e. The van der Waals surface area contributed by atoms with Gasteiger partial charge in [-0.1, -0.05) is 65.6 Å². The molecule has 5 aromatic rings. The highest BCUT2D eigenvalue weighted by Crippen LogP contribution is 2.34. The third kappa shape index (κ3) is 2.11. The topological polar surface area (TPSA) is 4.93 Å². The van der Waals surface area contributed by atoms with Crippen molar-refractivity contribution < 1.29 is 0 Å². The Bertz CT molecular complexity index is 1200. The van der Waals surface area contributed by atoms with Gasteiger partial charge in [-0.3, -0.25) is 0 Å². The van der Waals surface area contributed by atoms with E-state index < -0.39 is 0 Å². The van der Waals surface area contributed by atoms with Crippen molar-refractivity contribution in [3.63, 3.8) is 0 Å². The Hall–Kier alpha value is -3.00. The molecule has 1 nitrogen and oxygen atoms in total. The van der Waals surface area contributed by atoms with Crippen molar-refractivity contribution in [2.24, 2.45) is 0 Å². The maximum absolute atomic E-state index is 6.08. The summed E-state index contributed by atoms with van der Waals surface area (Å²) in [7, 11) is 6.08. The van der Waals surface area contributed by atoms with E-state index in [0.29, 0.717) is 0 Å². The molecular weight excluding hydrogens is 301 g/mol. The van der Waals surface area contributed by atoms with E-state index in [1.54, 1.807) is 0 Å². The fourth-order valence-electron chi connectivity index (χ4n) is 3.82. The Morgan fingerprint density at radius 2 is 1.40 bits per heavy atom. The molecule has 0 unspecified atom stereocenters. The van der Waals surface area contributed by atoms with Crippen LogP contribution in [0.2, 0.25) is 0 Å². The molecule has 0 N–H and O–H groups in total. The van der Waals surface area contributed by atoms with Gasteiger partial charge in [-0.25, -0.2) is 0 Å². The number of benzene rings is 4. The molecule has 0 bridgehead atoms. The van der Waals surface area contributed by atoms with Crippen LogP contribution in [0.25, 0.3) is 38.3 Å². The van der Waals surface area contributed by atoms with Gasteiger partial charge in [-0.05, 0) is 36.6 Å². The first-order chi connectivity index (χ1) is 12.2. The molecule has 0 atom stereocenters. The molecule has 2 heteroatoms. The number of rotatable bonds is 1. The Morgan fingerprint density at radius 1 is 0.680 bits per heavy atom. The van der Waals surface area contributed by atoms with Crippen LogP contribution in [0.15, 0.2) is 78.9 Å². The summed E-state index contributed by atoms with van der Waals surface area (Å²) in [5.74, 6) is 0. The first-order valence-electron chi connectivity index (χ1n) is 8.51. The second-order valence-corrected chi connectivity index (χ2v) is 6.63. The van der Waals surface area contributed by atoms with Gasteiger partial charge in [0, 0.05) is 16.2 Å². The summed E-state index contributed by atoms with van der Waals surface area (Å²) in [5, 5.41) is 4.95. The lowest BCUT2D eigenvalue weighted by Gasteiger charge is -2.11. The van der Waals surface area contributed by atoms with Gasteiger partial charge in [0.25, 0.3) is 0 Å². The van der Waals surface area contributed by atoms with Gasteiger partial charge in [0.2, 0.25) is 0 Å². The van der Waals surface area contributed by atoms with Gasteiger partial charge < -0.3 is 4.57 Å². The minimum atomic E-state index is 0.797. The third-order valence-electron chi connectivity index (χ3n) is 4.95. The summed E-state index contributed by atoms with van der Waals surface area (Å²) in [6, 6.07) is 27.8. The van der Waals surface area contributed by atoms with Gasteiger partial charge in [-0.15, -0.1) is 0 Å². The zero-order valence-electron chi connectivity index (χ0n) is 14.0. The van der Waals surface area contributed by atoms with Crippen LogP contribution < -0.4 is 5.46 Å². The van der Waals surface area contributed by atoms with Crippen LogP contribution >= 0.6 is 0 Å². The van der Waals surface area contributed by atoms with Crippen LogP contribution in [-0.4, -0.2) is 12.4 Å². The van der Waals surface area contributed by atoms with Crippen LogP contribution in [0.3, 0.4) is 0 Å². The summed E-state index contributed by atoms with van der Waals surface area (Å²) in [6.07, 6.45) is 0. The largest absolute Gasteiger partial charge is 0.309 e. The average Bonchev–Trinajstić information content (AvgIpc) is 2.94. The molecule has 0 aliphatic heterocycles. The maximum atomic E-state index is 6.08. The summed E-state index contributed by atoms with van der Waals surface area (Å²) < 4.78 is 2.35. The first-order valence-corrected chi connectivity index (χ1v) is 8.51. The lowest BCUT2D eigenvalue weighted by Crippen LogP contribution is -2.00. The fourth-order valence-corrected chi connectivity index (χ4v) is 3.82. The number of fused-ring (bicyclic) bond motifs is 4. The number of nitrogens with zero attached hydrogens (tertiary/aromatic N) is 1. The van der Waals surface area contributed by atoms with Crippen molar-refractivity contribution in [3.8, 4) is 5.69 Å². The van der Waals surface area contributed by atoms with E-state index in [4.69, 9.17) is 7.85 Å². The second kappa shape index (κ2) is 5.25. The molecule has 1 heterocycles. The molecule has 25 heavy (non-hydrogen) atoms. The van der Waals surface area contributed by atoms with Gasteiger partial charge >= 0.3 is 0 Å². The predicted octanol–water partition coefficient (Wildman–Crippen LogP) is 5.04. The summed E-state index contributed by atoms with van der Waals surface area (Å²) in [4.78, 5) is 0. The molecule has 116 valence electrons. The van der Waals surface area contributed by atoms with Crippen LogP contribution in [0.1, 0.15) is 5.56 Å². The van der Waals surface area contributed by atoms with Crippen LogP contribution in [-0.2, 0) is 0 Å². The van der Waals surface area contributed by atoms with Gasteiger partial charge in [0.05, 0.1) is 16.7 Å². The zero-order chi connectivity index (χ0) is 17.0. The Labute approximate surface area is 147 Å². The van der Waals surface area contributed by atoms with Crippen molar-refractivity contribution in [2.45, 2.75) is 6.92 Å². The molecule has 2 radical (unpaired) electrons. The highest BCUT2D eigenvalue weighted by atomic mass is 15.0. The van der Waals surface area contributed by atoms with E-state index >= 15 is 0 Å². The Morgan fingerprint density at radius 3 is 2.28 bits per heavy atom. The number of hydrogen-bond donors (Lipinski definition) is 0. The van der Waals surface area contributed by atoms with E-state index in [0.717, 1.165) is 5.46 Å². The molecule has 1 aromatic heterocycles. The molecule has 0 amide bonds.